The van der Waals surface area contributed by atoms with Gasteiger partial charge in [0.25, 0.3) is 0 Å². The van der Waals surface area contributed by atoms with Crippen molar-refractivity contribution in [2.75, 3.05) is 31.3 Å². The van der Waals surface area contributed by atoms with Gasteiger partial charge < -0.3 is 18.8 Å². The minimum absolute atomic E-state index is 0.238. The smallest absolute Gasteiger partial charge is 0.231 e. The van der Waals surface area contributed by atoms with Crippen molar-refractivity contribution >= 4 is 28.2 Å². The van der Waals surface area contributed by atoms with Gasteiger partial charge in [0.2, 0.25) is 5.88 Å². The number of carbonyl (C=O) groups excluding carboxylic acids is 1. The number of carbonyl (C=O) groups is 1. The molecule has 9 nitrogen and oxygen atoms in total. The number of aromatic nitrogens is 4. The summed E-state index contributed by atoms with van der Waals surface area (Å²) < 4.78 is 19.4. The van der Waals surface area contributed by atoms with Crippen molar-refractivity contribution in [1.29, 1.82) is 0 Å². The van der Waals surface area contributed by atoms with E-state index in [1.807, 2.05) is 24.3 Å². The van der Waals surface area contributed by atoms with Gasteiger partial charge in [-0.3, -0.25) is 4.79 Å². The monoisotopic (exact) mass is 447 g/mol. The van der Waals surface area contributed by atoms with Gasteiger partial charge in [0, 0.05) is 37.6 Å². The van der Waals surface area contributed by atoms with Crippen LogP contribution in [0.2, 0.25) is 0 Å². The van der Waals surface area contributed by atoms with E-state index in [4.69, 9.17) is 13.9 Å². The third kappa shape index (κ3) is 3.72. The van der Waals surface area contributed by atoms with Crippen LogP contribution in [0.5, 0.6) is 5.88 Å². The Kier molecular flexibility index (Phi) is 4.98. The van der Waals surface area contributed by atoms with Crippen molar-refractivity contribution in [2.45, 2.75) is 32.2 Å². The first-order valence-corrected chi connectivity index (χ1v) is 11.4. The lowest BCUT2D eigenvalue weighted by atomic mass is 10.1. The Labute approximate surface area is 190 Å². The summed E-state index contributed by atoms with van der Waals surface area (Å²) in [5.41, 5.74) is 2.21. The molecule has 0 radical (unpaired) electrons. The highest BCUT2D eigenvalue weighted by Gasteiger charge is 2.25. The predicted molar refractivity (Wildman–Crippen MR) is 121 cm³/mol. The lowest BCUT2D eigenvalue weighted by Gasteiger charge is -2.34. The number of nitrogens with zero attached hydrogens (tertiary/aromatic N) is 5. The number of furan rings is 1. The predicted octanol–water partition coefficient (Wildman–Crippen LogP) is 3.51. The standard InChI is InChI=1S/C24H25N5O4/c1-15-13-31-9-8-28(15)24-18-11-21(33-20(18)6-7-25-24)19-12-26-22-4-5-23(27-29(19)22)32-14-16-2-3-17(30)10-16/h4-7,11-12,15-16H,2-3,8-10,13-14H2,1H3/t15-,16+/m1/s1. The Morgan fingerprint density at radius 2 is 2.18 bits per heavy atom. The van der Waals surface area contributed by atoms with E-state index in [9.17, 15) is 4.79 Å². The Morgan fingerprint density at radius 1 is 1.24 bits per heavy atom. The molecule has 4 aromatic heterocycles. The molecule has 6 rings (SSSR count). The van der Waals surface area contributed by atoms with Crippen molar-refractivity contribution in [3.05, 3.63) is 36.7 Å². The molecule has 1 saturated heterocycles. The summed E-state index contributed by atoms with van der Waals surface area (Å²) in [6.07, 6.45) is 5.66. The molecule has 0 amide bonds. The van der Waals surface area contributed by atoms with Crippen LogP contribution in [0, 0.1) is 5.92 Å². The van der Waals surface area contributed by atoms with Gasteiger partial charge in [-0.15, -0.1) is 5.10 Å². The van der Waals surface area contributed by atoms with E-state index in [1.165, 1.54) is 0 Å². The number of anilines is 1. The zero-order valence-corrected chi connectivity index (χ0v) is 18.4. The SMILES string of the molecule is C[C@@H]1COCCN1c1nccc2oc(-c3cnc4ccc(OC[C@H]5CCC(=O)C5)nn34)cc12. The zero-order chi connectivity index (χ0) is 22.4. The van der Waals surface area contributed by atoms with E-state index in [0.29, 0.717) is 55.7 Å². The highest BCUT2D eigenvalue weighted by molar-refractivity contribution is 5.92. The average molecular weight is 447 g/mol. The minimum atomic E-state index is 0.238. The van der Waals surface area contributed by atoms with Crippen LogP contribution < -0.4 is 9.64 Å². The quantitative estimate of drug-likeness (QED) is 0.459. The molecule has 1 saturated carbocycles. The zero-order valence-electron chi connectivity index (χ0n) is 18.4. The summed E-state index contributed by atoms with van der Waals surface area (Å²) in [4.78, 5) is 22.9. The second-order valence-corrected chi connectivity index (χ2v) is 8.82. The highest BCUT2D eigenvalue weighted by Crippen LogP contribution is 2.34. The van der Waals surface area contributed by atoms with Crippen LogP contribution in [-0.2, 0) is 9.53 Å². The first kappa shape index (κ1) is 20.2. The molecule has 2 fully saturated rings. The molecular weight excluding hydrogens is 422 g/mol. The van der Waals surface area contributed by atoms with Gasteiger partial charge in [0.1, 0.15) is 22.9 Å². The number of imidazole rings is 1. The summed E-state index contributed by atoms with van der Waals surface area (Å²) in [6, 6.07) is 7.80. The van der Waals surface area contributed by atoms with E-state index in [1.54, 1.807) is 16.9 Å². The molecular formula is C24H25N5O4. The minimum Gasteiger partial charge on any atom is -0.476 e. The third-order valence-electron chi connectivity index (χ3n) is 6.47. The first-order chi connectivity index (χ1) is 16.2. The molecule has 5 heterocycles. The van der Waals surface area contributed by atoms with Gasteiger partial charge >= 0.3 is 0 Å². The van der Waals surface area contributed by atoms with E-state index >= 15 is 0 Å². The summed E-state index contributed by atoms with van der Waals surface area (Å²) in [6.45, 7) is 4.78. The molecule has 0 aromatic carbocycles. The van der Waals surface area contributed by atoms with Crippen LogP contribution in [0.3, 0.4) is 0 Å². The molecule has 0 unspecified atom stereocenters. The molecule has 170 valence electrons. The van der Waals surface area contributed by atoms with Crippen LogP contribution in [-0.4, -0.2) is 57.8 Å². The number of Topliss-reactive ketones (excluding diaryl/α,β-unsaturated/α-hetero) is 1. The molecule has 33 heavy (non-hydrogen) atoms. The normalized spacial score (nSPS) is 21.4. The first-order valence-electron chi connectivity index (χ1n) is 11.4. The van der Waals surface area contributed by atoms with Crippen LogP contribution >= 0.6 is 0 Å². The van der Waals surface area contributed by atoms with Crippen molar-refractivity contribution in [3.63, 3.8) is 0 Å². The lowest BCUT2D eigenvalue weighted by Crippen LogP contribution is -2.44. The number of hydrogen-bond donors (Lipinski definition) is 0. The van der Waals surface area contributed by atoms with Crippen molar-refractivity contribution in [1.82, 2.24) is 19.6 Å². The molecule has 0 spiro atoms. The van der Waals surface area contributed by atoms with Gasteiger partial charge in [-0.2, -0.15) is 0 Å². The number of hydrogen-bond acceptors (Lipinski definition) is 8. The number of ether oxygens (including phenoxy) is 2. The Morgan fingerprint density at radius 3 is 3.03 bits per heavy atom. The Balaban J connectivity index is 1.32. The van der Waals surface area contributed by atoms with Gasteiger partial charge in [0.15, 0.2) is 11.4 Å². The third-order valence-corrected chi connectivity index (χ3v) is 6.47. The number of pyridine rings is 1. The van der Waals surface area contributed by atoms with Crippen LogP contribution in [0.1, 0.15) is 26.2 Å². The van der Waals surface area contributed by atoms with E-state index in [-0.39, 0.29) is 12.0 Å². The van der Waals surface area contributed by atoms with Crippen LogP contribution in [0.25, 0.3) is 28.1 Å². The second-order valence-electron chi connectivity index (χ2n) is 8.82. The van der Waals surface area contributed by atoms with E-state index in [0.717, 1.165) is 35.4 Å². The fourth-order valence-corrected chi connectivity index (χ4v) is 4.68. The molecule has 2 aliphatic rings. The van der Waals surface area contributed by atoms with Crippen LogP contribution in [0.4, 0.5) is 5.82 Å². The molecule has 0 bridgehead atoms. The maximum absolute atomic E-state index is 11.5. The van der Waals surface area contributed by atoms with E-state index in [2.05, 4.69) is 26.9 Å². The topological polar surface area (TPSA) is 95.0 Å². The number of fused-ring (bicyclic) bond motifs is 2. The van der Waals surface area contributed by atoms with Gasteiger partial charge in [-0.05, 0) is 31.5 Å². The number of morpholine rings is 1. The van der Waals surface area contributed by atoms with Crippen LogP contribution in [0.15, 0.2) is 41.1 Å². The highest BCUT2D eigenvalue weighted by atomic mass is 16.5. The van der Waals surface area contributed by atoms with Gasteiger partial charge in [-0.25, -0.2) is 14.5 Å². The number of rotatable bonds is 5. The fourth-order valence-electron chi connectivity index (χ4n) is 4.68. The summed E-state index contributed by atoms with van der Waals surface area (Å²) in [7, 11) is 0. The lowest BCUT2D eigenvalue weighted by molar-refractivity contribution is -0.117. The van der Waals surface area contributed by atoms with Crippen molar-refractivity contribution < 1.29 is 18.7 Å². The molecule has 9 heteroatoms. The molecule has 4 aromatic rings. The Bertz CT molecular complexity index is 1330. The molecule has 1 aliphatic heterocycles. The second kappa shape index (κ2) is 8.15. The van der Waals surface area contributed by atoms with Crippen molar-refractivity contribution in [2.24, 2.45) is 5.92 Å². The summed E-state index contributed by atoms with van der Waals surface area (Å²) >= 11 is 0. The molecule has 1 aliphatic carbocycles. The Hall–Kier alpha value is -3.46. The van der Waals surface area contributed by atoms with Crippen molar-refractivity contribution in [3.8, 4) is 17.3 Å². The molecule has 2 atom stereocenters. The maximum Gasteiger partial charge on any atom is 0.231 e. The fraction of sp³-hybridized carbons (Fsp3) is 0.417. The van der Waals surface area contributed by atoms with Gasteiger partial charge in [-0.1, -0.05) is 0 Å². The number of ketones is 1. The summed E-state index contributed by atoms with van der Waals surface area (Å²) in [5, 5.41) is 5.58. The van der Waals surface area contributed by atoms with E-state index < -0.39 is 0 Å². The van der Waals surface area contributed by atoms with Gasteiger partial charge in [0.05, 0.1) is 37.4 Å². The largest absolute Gasteiger partial charge is 0.476 e. The molecule has 0 N–H and O–H groups in total. The maximum atomic E-state index is 11.5. The summed E-state index contributed by atoms with van der Waals surface area (Å²) in [5.74, 6) is 2.64. The average Bonchev–Trinajstić information content (AvgIpc) is 3.55.